The molecule has 1 aromatic carbocycles. The lowest BCUT2D eigenvalue weighted by atomic mass is 10.2. The largest absolute Gasteiger partial charge is 0.502 e. The van der Waals surface area contributed by atoms with E-state index >= 15 is 0 Å². The van der Waals surface area contributed by atoms with E-state index in [1.807, 2.05) is 0 Å². The van der Waals surface area contributed by atoms with Gasteiger partial charge in [0.15, 0.2) is 5.82 Å². The van der Waals surface area contributed by atoms with Crippen molar-refractivity contribution < 1.29 is 39.2 Å². The van der Waals surface area contributed by atoms with Crippen molar-refractivity contribution >= 4 is 21.4 Å². The monoisotopic (exact) mass is 424 g/mol. The number of rotatable bonds is 2. The fourth-order valence-electron chi connectivity index (χ4n) is 2.28. The number of benzene rings is 1. The first-order chi connectivity index (χ1) is 11.6. The van der Waals surface area contributed by atoms with Crippen LogP contribution in [-0.2, 0) is 16.0 Å². The first-order valence-corrected chi connectivity index (χ1v) is 8.39. The van der Waals surface area contributed by atoms with E-state index in [2.05, 4.69) is 5.10 Å². The Labute approximate surface area is 147 Å². The molecule has 0 saturated heterocycles. The summed E-state index contributed by atoms with van der Waals surface area (Å²) in [5.74, 6) is -1.54. The lowest BCUT2D eigenvalue weighted by molar-refractivity contribution is -0.137. The molecule has 144 valence electrons. The van der Waals surface area contributed by atoms with Crippen LogP contribution in [0.5, 0.6) is 0 Å². The Bertz CT molecular complexity index is 955. The topological polar surface area (TPSA) is 52.0 Å². The molecule has 0 aliphatic rings. The van der Waals surface area contributed by atoms with Crippen LogP contribution in [-0.4, -0.2) is 23.7 Å². The highest BCUT2D eigenvalue weighted by Gasteiger charge is 2.49. The summed E-state index contributed by atoms with van der Waals surface area (Å²) in [4.78, 5) is -1.22. The van der Waals surface area contributed by atoms with Crippen LogP contribution in [0, 0.1) is 19.7 Å². The highest BCUT2D eigenvalue weighted by molar-refractivity contribution is 7.92. The van der Waals surface area contributed by atoms with Crippen molar-refractivity contribution in [3.8, 4) is 5.69 Å². The van der Waals surface area contributed by atoms with Gasteiger partial charge in [0.25, 0.3) is 9.84 Å². The lowest BCUT2D eigenvalue weighted by Gasteiger charge is -2.13. The summed E-state index contributed by atoms with van der Waals surface area (Å²) in [5, 5.41) is 2.70. The van der Waals surface area contributed by atoms with Gasteiger partial charge in [0, 0.05) is 0 Å². The standard InChI is InChI=1S/C13H8ClF7N2O2S/c1-5-11(26(24,25)13(19,20)21)6(2)23(22-5)10-8(14)3-7(4-9(10)15)12(16,17)18/h3-4H,1-2H3. The number of hydrogen-bond acceptors (Lipinski definition) is 3. The summed E-state index contributed by atoms with van der Waals surface area (Å²) in [6.45, 7) is 1.82. The van der Waals surface area contributed by atoms with Crippen LogP contribution in [0.2, 0.25) is 5.02 Å². The molecule has 0 spiro atoms. The molecule has 0 saturated carbocycles. The van der Waals surface area contributed by atoms with E-state index in [0.717, 1.165) is 13.8 Å². The summed E-state index contributed by atoms with van der Waals surface area (Å²) >= 11 is 5.64. The molecule has 26 heavy (non-hydrogen) atoms. The van der Waals surface area contributed by atoms with E-state index in [1.165, 1.54) is 0 Å². The molecule has 1 aromatic heterocycles. The van der Waals surface area contributed by atoms with E-state index < -0.39 is 59.9 Å². The fraction of sp³-hybridized carbons (Fsp3) is 0.308. The van der Waals surface area contributed by atoms with E-state index in [9.17, 15) is 39.2 Å². The average Bonchev–Trinajstić information content (AvgIpc) is 2.71. The minimum atomic E-state index is -5.81. The van der Waals surface area contributed by atoms with Crippen molar-refractivity contribution in [1.82, 2.24) is 9.78 Å². The van der Waals surface area contributed by atoms with Crippen LogP contribution in [0.15, 0.2) is 17.0 Å². The Morgan fingerprint density at radius 3 is 2.04 bits per heavy atom. The van der Waals surface area contributed by atoms with Gasteiger partial charge in [-0.25, -0.2) is 17.5 Å². The third kappa shape index (κ3) is 3.27. The van der Waals surface area contributed by atoms with Gasteiger partial charge in [-0.05, 0) is 26.0 Å². The normalized spacial score (nSPS) is 13.3. The van der Waals surface area contributed by atoms with Gasteiger partial charge in [-0.1, -0.05) is 11.6 Å². The molecule has 0 bridgehead atoms. The molecule has 2 rings (SSSR count). The Morgan fingerprint density at radius 1 is 1.08 bits per heavy atom. The number of aryl methyl sites for hydroxylation is 1. The predicted molar refractivity (Wildman–Crippen MR) is 76.2 cm³/mol. The van der Waals surface area contributed by atoms with Crippen LogP contribution in [0.25, 0.3) is 5.69 Å². The van der Waals surface area contributed by atoms with Crippen molar-refractivity contribution in [3.63, 3.8) is 0 Å². The van der Waals surface area contributed by atoms with E-state index in [4.69, 9.17) is 11.6 Å². The zero-order chi connectivity index (χ0) is 20.2. The van der Waals surface area contributed by atoms with Crippen molar-refractivity contribution in [1.29, 1.82) is 0 Å². The Balaban J connectivity index is 2.76. The molecular weight excluding hydrogens is 417 g/mol. The van der Waals surface area contributed by atoms with Gasteiger partial charge in [0.05, 0.1) is 22.0 Å². The smallest absolute Gasteiger partial charge is 0.232 e. The van der Waals surface area contributed by atoms with Gasteiger partial charge in [0.1, 0.15) is 10.6 Å². The molecule has 4 nitrogen and oxygen atoms in total. The van der Waals surface area contributed by atoms with Gasteiger partial charge in [-0.2, -0.15) is 31.4 Å². The number of aromatic nitrogens is 2. The maximum absolute atomic E-state index is 14.2. The SMILES string of the molecule is Cc1nn(-c2c(F)cc(C(F)(F)F)cc2Cl)c(C)c1S(=O)(=O)C(F)(F)F. The Morgan fingerprint density at radius 2 is 1.62 bits per heavy atom. The van der Waals surface area contributed by atoms with Crippen LogP contribution < -0.4 is 0 Å². The second-order valence-corrected chi connectivity index (χ2v) is 7.43. The van der Waals surface area contributed by atoms with Crippen LogP contribution in [0.4, 0.5) is 30.7 Å². The molecular formula is C13H8ClF7N2O2S. The summed E-state index contributed by atoms with van der Waals surface area (Å²) in [7, 11) is -5.81. The molecule has 0 radical (unpaired) electrons. The first kappa shape index (κ1) is 20.5. The highest BCUT2D eigenvalue weighted by Crippen LogP contribution is 2.38. The number of halogens is 8. The van der Waals surface area contributed by atoms with Crippen molar-refractivity contribution in [2.24, 2.45) is 0 Å². The van der Waals surface area contributed by atoms with Crippen LogP contribution in [0.3, 0.4) is 0 Å². The van der Waals surface area contributed by atoms with Crippen LogP contribution in [0.1, 0.15) is 17.0 Å². The average molecular weight is 425 g/mol. The zero-order valence-corrected chi connectivity index (χ0v) is 14.4. The first-order valence-electron chi connectivity index (χ1n) is 6.53. The molecule has 0 unspecified atom stereocenters. The zero-order valence-electron chi connectivity index (χ0n) is 12.8. The minimum Gasteiger partial charge on any atom is -0.232 e. The molecule has 0 aliphatic carbocycles. The van der Waals surface area contributed by atoms with Gasteiger partial charge in [0.2, 0.25) is 0 Å². The second kappa shape index (κ2) is 6.12. The second-order valence-electron chi connectivity index (χ2n) is 5.15. The quantitative estimate of drug-likeness (QED) is 0.662. The van der Waals surface area contributed by atoms with E-state index in [0.29, 0.717) is 10.7 Å². The lowest BCUT2D eigenvalue weighted by Crippen LogP contribution is -2.24. The summed E-state index contributed by atoms with van der Waals surface area (Å²) in [6, 6.07) is 0.434. The van der Waals surface area contributed by atoms with Crippen molar-refractivity contribution in [2.75, 3.05) is 0 Å². The molecule has 13 heteroatoms. The molecule has 0 atom stereocenters. The highest BCUT2D eigenvalue weighted by atomic mass is 35.5. The third-order valence-corrected chi connectivity index (χ3v) is 5.38. The number of sulfone groups is 1. The van der Waals surface area contributed by atoms with Crippen molar-refractivity contribution in [3.05, 3.63) is 39.9 Å². The molecule has 0 amide bonds. The summed E-state index contributed by atoms with van der Waals surface area (Å²) in [5.41, 5.74) is -9.13. The van der Waals surface area contributed by atoms with Gasteiger partial charge in [-0.15, -0.1) is 0 Å². The molecule has 0 aliphatic heterocycles. The molecule has 0 fully saturated rings. The number of hydrogen-bond donors (Lipinski definition) is 0. The Kier molecular flexibility index (Phi) is 4.82. The van der Waals surface area contributed by atoms with Crippen LogP contribution >= 0.6 is 11.6 Å². The number of alkyl halides is 6. The third-order valence-electron chi connectivity index (χ3n) is 3.35. The van der Waals surface area contributed by atoms with Gasteiger partial charge >= 0.3 is 11.7 Å². The fourth-order valence-corrected chi connectivity index (χ4v) is 3.71. The van der Waals surface area contributed by atoms with Gasteiger partial charge < -0.3 is 0 Å². The van der Waals surface area contributed by atoms with Crippen molar-refractivity contribution in [2.45, 2.75) is 30.4 Å². The maximum atomic E-state index is 14.2. The summed E-state index contributed by atoms with van der Waals surface area (Å²) in [6.07, 6.45) is -4.91. The number of nitrogens with zero attached hydrogens (tertiary/aromatic N) is 2. The maximum Gasteiger partial charge on any atom is 0.502 e. The van der Waals surface area contributed by atoms with Gasteiger partial charge in [-0.3, -0.25) is 0 Å². The molecule has 2 aromatic rings. The molecule has 1 heterocycles. The molecule has 0 N–H and O–H groups in total. The van der Waals surface area contributed by atoms with E-state index in [1.54, 1.807) is 0 Å². The minimum absolute atomic E-state index is 0.0790. The van der Waals surface area contributed by atoms with E-state index in [-0.39, 0.29) is 6.07 Å². The summed E-state index contributed by atoms with van der Waals surface area (Å²) < 4.78 is 114. The predicted octanol–water partition coefficient (Wildman–Crippen LogP) is 4.59. The Hall–Kier alpha value is -1.82.